The van der Waals surface area contributed by atoms with Crippen molar-refractivity contribution in [3.05, 3.63) is 29.6 Å². The molecule has 0 spiro atoms. The van der Waals surface area contributed by atoms with Crippen LogP contribution in [0.1, 0.15) is 18.9 Å². The first-order valence-corrected chi connectivity index (χ1v) is 4.89. The van der Waals surface area contributed by atoms with E-state index < -0.39 is 0 Å². The Morgan fingerprint density at radius 1 is 1.47 bits per heavy atom. The lowest BCUT2D eigenvalue weighted by atomic mass is 10.2. The third kappa shape index (κ3) is 3.61. The topological polar surface area (TPSA) is 35.2 Å². The summed E-state index contributed by atoms with van der Waals surface area (Å²) in [6, 6.07) is 4.30. The lowest BCUT2D eigenvalue weighted by Gasteiger charge is -2.06. The van der Waals surface area contributed by atoms with Gasteiger partial charge in [-0.1, -0.05) is 18.8 Å². The molecule has 3 heteroatoms. The minimum atomic E-state index is -0.320. The number of benzene rings is 1. The van der Waals surface area contributed by atoms with Gasteiger partial charge in [0.25, 0.3) is 0 Å². The first-order valence-electron chi connectivity index (χ1n) is 4.89. The number of rotatable bonds is 3. The van der Waals surface area contributed by atoms with Crippen LogP contribution < -0.4 is 10.5 Å². The normalized spacial score (nSPS) is 9.27. The van der Waals surface area contributed by atoms with Gasteiger partial charge in [-0.2, -0.15) is 0 Å². The molecule has 0 unspecified atom stereocenters. The first-order chi connectivity index (χ1) is 7.27. The van der Waals surface area contributed by atoms with E-state index >= 15 is 0 Å². The molecular weight excluding hydrogens is 193 g/mol. The van der Waals surface area contributed by atoms with Gasteiger partial charge in [-0.25, -0.2) is 4.39 Å². The molecule has 15 heavy (non-hydrogen) atoms. The minimum Gasteiger partial charge on any atom is -0.492 e. The van der Waals surface area contributed by atoms with Crippen LogP contribution in [0.2, 0.25) is 0 Å². The Morgan fingerprint density at radius 2 is 2.27 bits per heavy atom. The Morgan fingerprint density at radius 3 is 2.93 bits per heavy atom. The lowest BCUT2D eigenvalue weighted by Crippen LogP contribution is -1.98. The van der Waals surface area contributed by atoms with Gasteiger partial charge in [-0.05, 0) is 18.6 Å². The molecule has 80 valence electrons. The molecule has 0 aliphatic rings. The average Bonchev–Trinajstić information content (AvgIpc) is 2.25. The molecule has 1 rings (SSSR count). The van der Waals surface area contributed by atoms with E-state index in [4.69, 9.17) is 10.5 Å². The molecule has 0 bridgehead atoms. The fraction of sp³-hybridized carbons (Fsp3) is 0.333. The SMILES string of the molecule is CCCOc1cc(F)ccc1C#CCN. The Labute approximate surface area is 89.2 Å². The summed E-state index contributed by atoms with van der Waals surface area (Å²) >= 11 is 0. The van der Waals surface area contributed by atoms with Gasteiger partial charge in [0.05, 0.1) is 18.7 Å². The molecule has 1 aromatic rings. The quantitative estimate of drug-likeness (QED) is 0.768. The van der Waals surface area contributed by atoms with Crippen LogP contribution in [0.15, 0.2) is 18.2 Å². The maximum atomic E-state index is 12.9. The molecule has 0 aliphatic carbocycles. The van der Waals surface area contributed by atoms with Crippen molar-refractivity contribution in [1.82, 2.24) is 0 Å². The minimum absolute atomic E-state index is 0.282. The number of hydrogen-bond acceptors (Lipinski definition) is 2. The summed E-state index contributed by atoms with van der Waals surface area (Å²) in [5.41, 5.74) is 5.94. The fourth-order valence-corrected chi connectivity index (χ4v) is 1.08. The third-order valence-electron chi connectivity index (χ3n) is 1.73. The van der Waals surface area contributed by atoms with Gasteiger partial charge in [0, 0.05) is 6.07 Å². The lowest BCUT2D eigenvalue weighted by molar-refractivity contribution is 0.315. The summed E-state index contributed by atoms with van der Waals surface area (Å²) in [4.78, 5) is 0. The van der Waals surface area contributed by atoms with Crippen LogP contribution in [0.3, 0.4) is 0 Å². The van der Waals surface area contributed by atoms with E-state index in [0.717, 1.165) is 6.42 Å². The van der Waals surface area contributed by atoms with Crippen molar-refractivity contribution in [1.29, 1.82) is 0 Å². The van der Waals surface area contributed by atoms with Crippen molar-refractivity contribution >= 4 is 0 Å². The van der Waals surface area contributed by atoms with Gasteiger partial charge in [0.15, 0.2) is 0 Å². The van der Waals surface area contributed by atoms with Crippen molar-refractivity contribution in [3.63, 3.8) is 0 Å². The molecule has 0 radical (unpaired) electrons. The molecule has 0 saturated carbocycles. The number of halogens is 1. The molecule has 0 aromatic heterocycles. The second kappa shape index (κ2) is 6.05. The Kier molecular flexibility index (Phi) is 4.65. The molecule has 0 amide bonds. The molecule has 1 aromatic carbocycles. The van der Waals surface area contributed by atoms with Gasteiger partial charge in [-0.3, -0.25) is 0 Å². The maximum absolute atomic E-state index is 12.9. The van der Waals surface area contributed by atoms with E-state index in [-0.39, 0.29) is 12.4 Å². The van der Waals surface area contributed by atoms with E-state index in [2.05, 4.69) is 11.8 Å². The maximum Gasteiger partial charge on any atom is 0.137 e. The monoisotopic (exact) mass is 207 g/mol. The summed E-state index contributed by atoms with van der Waals surface area (Å²) in [5, 5.41) is 0. The molecule has 0 atom stereocenters. The Bertz CT molecular complexity index is 379. The van der Waals surface area contributed by atoms with Crippen LogP contribution in [0.5, 0.6) is 5.75 Å². The number of nitrogens with two attached hydrogens (primary N) is 1. The number of hydrogen-bond donors (Lipinski definition) is 1. The van der Waals surface area contributed by atoms with Gasteiger partial charge in [-0.15, -0.1) is 0 Å². The summed E-state index contributed by atoms with van der Waals surface area (Å²) in [6.45, 7) is 2.83. The second-order valence-electron chi connectivity index (χ2n) is 2.99. The van der Waals surface area contributed by atoms with Crippen molar-refractivity contribution in [2.75, 3.05) is 13.2 Å². The van der Waals surface area contributed by atoms with Gasteiger partial charge in [0.2, 0.25) is 0 Å². The zero-order valence-corrected chi connectivity index (χ0v) is 8.72. The van der Waals surface area contributed by atoms with Crippen LogP contribution in [0.4, 0.5) is 4.39 Å². The van der Waals surface area contributed by atoms with Crippen LogP contribution in [-0.2, 0) is 0 Å². The molecule has 2 nitrogen and oxygen atoms in total. The van der Waals surface area contributed by atoms with Gasteiger partial charge < -0.3 is 10.5 Å². The standard InChI is InChI=1S/C12H14FNO/c1-2-8-15-12-9-11(13)6-5-10(12)4-3-7-14/h5-6,9H,2,7-8,14H2,1H3. The van der Waals surface area contributed by atoms with E-state index in [9.17, 15) is 4.39 Å². The fourth-order valence-electron chi connectivity index (χ4n) is 1.08. The van der Waals surface area contributed by atoms with Crippen molar-refractivity contribution in [2.24, 2.45) is 5.73 Å². The predicted molar refractivity (Wildman–Crippen MR) is 58.1 cm³/mol. The molecule has 0 aliphatic heterocycles. The molecule has 0 heterocycles. The van der Waals surface area contributed by atoms with Crippen molar-refractivity contribution in [2.45, 2.75) is 13.3 Å². The van der Waals surface area contributed by atoms with Crippen molar-refractivity contribution in [3.8, 4) is 17.6 Å². The smallest absolute Gasteiger partial charge is 0.137 e. The summed E-state index contributed by atoms with van der Waals surface area (Å²) in [7, 11) is 0. The zero-order valence-electron chi connectivity index (χ0n) is 8.72. The first kappa shape index (κ1) is 11.5. The number of ether oxygens (including phenoxy) is 1. The van der Waals surface area contributed by atoms with Crippen molar-refractivity contribution < 1.29 is 9.13 Å². The van der Waals surface area contributed by atoms with E-state index in [1.54, 1.807) is 6.07 Å². The van der Waals surface area contributed by atoms with E-state index in [0.29, 0.717) is 17.9 Å². The average molecular weight is 207 g/mol. The highest BCUT2D eigenvalue weighted by Crippen LogP contribution is 2.19. The second-order valence-corrected chi connectivity index (χ2v) is 2.99. The van der Waals surface area contributed by atoms with Crippen LogP contribution in [0, 0.1) is 17.7 Å². The highest BCUT2D eigenvalue weighted by Gasteiger charge is 2.02. The summed E-state index contributed by atoms with van der Waals surface area (Å²) in [5.74, 6) is 5.72. The Balaban J connectivity index is 2.92. The summed E-state index contributed by atoms with van der Waals surface area (Å²) < 4.78 is 18.3. The van der Waals surface area contributed by atoms with Crippen LogP contribution in [-0.4, -0.2) is 13.2 Å². The zero-order chi connectivity index (χ0) is 11.1. The molecule has 0 saturated heterocycles. The highest BCUT2D eigenvalue weighted by molar-refractivity contribution is 5.46. The van der Waals surface area contributed by atoms with E-state index in [1.165, 1.54) is 12.1 Å². The Hall–Kier alpha value is -1.53. The van der Waals surface area contributed by atoms with E-state index in [1.807, 2.05) is 6.92 Å². The highest BCUT2D eigenvalue weighted by atomic mass is 19.1. The van der Waals surface area contributed by atoms with Crippen LogP contribution in [0.25, 0.3) is 0 Å². The molecular formula is C12H14FNO. The largest absolute Gasteiger partial charge is 0.492 e. The molecule has 0 fully saturated rings. The van der Waals surface area contributed by atoms with Gasteiger partial charge in [0.1, 0.15) is 11.6 Å². The summed E-state index contributed by atoms with van der Waals surface area (Å²) in [6.07, 6.45) is 0.875. The van der Waals surface area contributed by atoms with Gasteiger partial charge >= 0.3 is 0 Å². The predicted octanol–water partition coefficient (Wildman–Crippen LogP) is 1.92. The third-order valence-corrected chi connectivity index (χ3v) is 1.73. The van der Waals surface area contributed by atoms with Crippen LogP contribution >= 0.6 is 0 Å². The molecule has 2 N–H and O–H groups in total.